The predicted octanol–water partition coefficient (Wildman–Crippen LogP) is 3.71. The summed E-state index contributed by atoms with van der Waals surface area (Å²) < 4.78 is 5.58. The van der Waals surface area contributed by atoms with Crippen LogP contribution in [0, 0.1) is 0 Å². The Morgan fingerprint density at radius 1 is 1.22 bits per heavy atom. The van der Waals surface area contributed by atoms with Gasteiger partial charge in [0.15, 0.2) is 0 Å². The zero-order valence-electron chi connectivity index (χ0n) is 10.1. The Bertz CT molecular complexity index is 459. The number of halogens is 1. The fourth-order valence-corrected chi connectivity index (χ4v) is 2.47. The first-order chi connectivity index (χ1) is 8.84. The molecule has 0 saturated heterocycles. The largest absolute Gasteiger partial charge is 0.375 e. The van der Waals surface area contributed by atoms with E-state index in [1.807, 2.05) is 24.3 Å². The first-order valence-electron chi connectivity index (χ1n) is 5.90. The fourth-order valence-electron chi connectivity index (χ4n) is 1.59. The van der Waals surface area contributed by atoms with Gasteiger partial charge >= 0.3 is 0 Å². The van der Waals surface area contributed by atoms with Crippen LogP contribution in [0.3, 0.4) is 0 Å². The van der Waals surface area contributed by atoms with E-state index in [0.717, 1.165) is 23.7 Å². The zero-order valence-corrected chi connectivity index (χ0v) is 11.6. The van der Waals surface area contributed by atoms with E-state index in [4.69, 9.17) is 16.3 Å². The second kappa shape index (κ2) is 7.54. The third kappa shape index (κ3) is 4.78. The van der Waals surface area contributed by atoms with Crippen molar-refractivity contribution >= 4 is 22.9 Å². The molecule has 0 amide bonds. The number of nitrogens with one attached hydrogen (secondary N) is 1. The molecule has 0 atom stereocenters. The molecule has 1 N–H and O–H groups in total. The van der Waals surface area contributed by atoms with Gasteiger partial charge in [-0.15, -0.1) is 11.3 Å². The summed E-state index contributed by atoms with van der Waals surface area (Å²) in [7, 11) is 0. The molecule has 0 aliphatic carbocycles. The van der Waals surface area contributed by atoms with Crippen LogP contribution in [-0.2, 0) is 17.9 Å². The molecule has 0 bridgehead atoms. The van der Waals surface area contributed by atoms with Gasteiger partial charge in [0, 0.05) is 23.0 Å². The molecule has 18 heavy (non-hydrogen) atoms. The summed E-state index contributed by atoms with van der Waals surface area (Å²) in [5.41, 5.74) is 1.11. The molecule has 0 saturated carbocycles. The van der Waals surface area contributed by atoms with Crippen molar-refractivity contribution in [3.05, 3.63) is 57.2 Å². The van der Waals surface area contributed by atoms with Crippen molar-refractivity contribution in [1.82, 2.24) is 5.32 Å². The molecule has 0 fully saturated rings. The van der Waals surface area contributed by atoms with Crippen LogP contribution in [0.5, 0.6) is 0 Å². The van der Waals surface area contributed by atoms with Gasteiger partial charge in [0.2, 0.25) is 0 Å². The fraction of sp³-hybridized carbons (Fsp3) is 0.286. The Morgan fingerprint density at radius 3 is 2.94 bits per heavy atom. The van der Waals surface area contributed by atoms with Crippen LogP contribution < -0.4 is 5.32 Å². The summed E-state index contributed by atoms with van der Waals surface area (Å²) >= 11 is 7.66. The van der Waals surface area contributed by atoms with Crippen molar-refractivity contribution in [3.63, 3.8) is 0 Å². The Morgan fingerprint density at radius 2 is 2.17 bits per heavy atom. The first-order valence-corrected chi connectivity index (χ1v) is 7.15. The maximum atomic E-state index is 5.90. The van der Waals surface area contributed by atoms with Crippen LogP contribution in [0.25, 0.3) is 0 Å². The van der Waals surface area contributed by atoms with E-state index < -0.39 is 0 Å². The summed E-state index contributed by atoms with van der Waals surface area (Å²) in [5, 5.41) is 6.19. The lowest BCUT2D eigenvalue weighted by atomic mass is 10.2. The number of hydrogen-bond acceptors (Lipinski definition) is 3. The van der Waals surface area contributed by atoms with Crippen LogP contribution in [0.4, 0.5) is 0 Å². The summed E-state index contributed by atoms with van der Waals surface area (Å²) in [5.74, 6) is 0. The Balaban J connectivity index is 1.56. The van der Waals surface area contributed by atoms with Gasteiger partial charge in [0.05, 0.1) is 13.2 Å². The minimum Gasteiger partial charge on any atom is -0.375 e. The van der Waals surface area contributed by atoms with Crippen LogP contribution in [-0.4, -0.2) is 13.2 Å². The molecule has 1 heterocycles. The highest BCUT2D eigenvalue weighted by Gasteiger charge is 1.95. The first kappa shape index (κ1) is 13.6. The van der Waals surface area contributed by atoms with E-state index in [0.29, 0.717) is 13.2 Å². The van der Waals surface area contributed by atoms with Gasteiger partial charge in [0.25, 0.3) is 0 Å². The van der Waals surface area contributed by atoms with Crippen LogP contribution in [0.2, 0.25) is 5.02 Å². The molecule has 0 aliphatic heterocycles. The highest BCUT2D eigenvalue weighted by Crippen LogP contribution is 2.11. The minimum absolute atomic E-state index is 0.612. The van der Waals surface area contributed by atoms with E-state index in [2.05, 4.69) is 22.8 Å². The van der Waals surface area contributed by atoms with Crippen molar-refractivity contribution in [1.29, 1.82) is 0 Å². The smallest absolute Gasteiger partial charge is 0.0718 e. The number of ether oxygens (including phenoxy) is 1. The SMILES string of the molecule is Clc1cccc(COCCNCc2cccs2)c1. The second-order valence-corrected chi connectivity index (χ2v) is 5.41. The summed E-state index contributed by atoms with van der Waals surface area (Å²) in [6, 6.07) is 12.0. The average Bonchev–Trinajstić information content (AvgIpc) is 2.87. The zero-order chi connectivity index (χ0) is 12.6. The van der Waals surface area contributed by atoms with Gasteiger partial charge in [-0.25, -0.2) is 0 Å². The van der Waals surface area contributed by atoms with Gasteiger partial charge in [0.1, 0.15) is 0 Å². The van der Waals surface area contributed by atoms with Gasteiger partial charge in [-0.2, -0.15) is 0 Å². The molecule has 1 aromatic heterocycles. The number of benzene rings is 1. The highest BCUT2D eigenvalue weighted by molar-refractivity contribution is 7.09. The van der Waals surface area contributed by atoms with Gasteiger partial charge < -0.3 is 10.1 Å². The minimum atomic E-state index is 0.612. The van der Waals surface area contributed by atoms with Crippen molar-refractivity contribution in [2.75, 3.05) is 13.2 Å². The molecule has 0 aliphatic rings. The number of rotatable bonds is 7. The molecule has 2 rings (SSSR count). The van der Waals surface area contributed by atoms with Crippen molar-refractivity contribution in [2.45, 2.75) is 13.2 Å². The van der Waals surface area contributed by atoms with Gasteiger partial charge in [-0.3, -0.25) is 0 Å². The lowest BCUT2D eigenvalue weighted by molar-refractivity contribution is 0.122. The third-order valence-corrected chi connectivity index (χ3v) is 3.57. The predicted molar refractivity (Wildman–Crippen MR) is 77.1 cm³/mol. The summed E-state index contributed by atoms with van der Waals surface area (Å²) in [4.78, 5) is 1.35. The van der Waals surface area contributed by atoms with Crippen LogP contribution >= 0.6 is 22.9 Å². The van der Waals surface area contributed by atoms with Crippen LogP contribution in [0.15, 0.2) is 41.8 Å². The molecular weight excluding hydrogens is 266 g/mol. The van der Waals surface area contributed by atoms with Crippen LogP contribution in [0.1, 0.15) is 10.4 Å². The normalized spacial score (nSPS) is 10.7. The lowest BCUT2D eigenvalue weighted by Gasteiger charge is -2.05. The lowest BCUT2D eigenvalue weighted by Crippen LogP contribution is -2.18. The molecule has 1 aromatic carbocycles. The van der Waals surface area contributed by atoms with E-state index in [-0.39, 0.29) is 0 Å². The highest BCUT2D eigenvalue weighted by atomic mass is 35.5. The maximum Gasteiger partial charge on any atom is 0.0718 e. The molecule has 0 radical (unpaired) electrons. The maximum absolute atomic E-state index is 5.90. The second-order valence-electron chi connectivity index (χ2n) is 3.94. The molecule has 4 heteroatoms. The summed E-state index contributed by atoms with van der Waals surface area (Å²) in [6.45, 7) is 3.09. The average molecular weight is 282 g/mol. The molecule has 0 unspecified atom stereocenters. The number of hydrogen-bond donors (Lipinski definition) is 1. The standard InChI is InChI=1S/C14H16ClNOS/c15-13-4-1-3-12(9-13)11-17-7-6-16-10-14-5-2-8-18-14/h1-5,8-9,16H,6-7,10-11H2. The summed E-state index contributed by atoms with van der Waals surface area (Å²) in [6.07, 6.45) is 0. The Hall–Kier alpha value is -0.870. The van der Waals surface area contributed by atoms with E-state index in [9.17, 15) is 0 Å². The Labute approximate surface area is 117 Å². The Kier molecular flexibility index (Phi) is 5.68. The van der Waals surface area contributed by atoms with Crippen molar-refractivity contribution in [3.8, 4) is 0 Å². The topological polar surface area (TPSA) is 21.3 Å². The monoisotopic (exact) mass is 281 g/mol. The quantitative estimate of drug-likeness (QED) is 0.781. The third-order valence-electron chi connectivity index (χ3n) is 2.46. The van der Waals surface area contributed by atoms with Gasteiger partial charge in [-0.05, 0) is 29.1 Å². The number of thiophene rings is 1. The van der Waals surface area contributed by atoms with Crippen molar-refractivity contribution in [2.24, 2.45) is 0 Å². The van der Waals surface area contributed by atoms with E-state index in [1.54, 1.807) is 11.3 Å². The van der Waals surface area contributed by atoms with E-state index >= 15 is 0 Å². The van der Waals surface area contributed by atoms with Crippen molar-refractivity contribution < 1.29 is 4.74 Å². The molecule has 2 nitrogen and oxygen atoms in total. The molecular formula is C14H16ClNOS. The van der Waals surface area contributed by atoms with Gasteiger partial charge in [-0.1, -0.05) is 29.8 Å². The van der Waals surface area contributed by atoms with E-state index in [1.165, 1.54) is 4.88 Å². The molecule has 0 spiro atoms. The molecule has 96 valence electrons. The molecule has 2 aromatic rings.